The van der Waals surface area contributed by atoms with Gasteiger partial charge in [0.15, 0.2) is 0 Å². The minimum absolute atomic E-state index is 0.0371. The molecule has 1 aromatic heterocycles. The molecule has 1 aliphatic rings. The van der Waals surface area contributed by atoms with E-state index in [0.717, 1.165) is 45.0 Å². The smallest absolute Gasteiger partial charge is 0.272 e. The molecule has 1 aromatic rings. The lowest BCUT2D eigenvalue weighted by molar-refractivity contribution is 0.0757. The van der Waals surface area contributed by atoms with Crippen molar-refractivity contribution in [3.05, 3.63) is 23.9 Å². The number of carbonyl (C=O) groups is 1. The topological polar surface area (TPSA) is 48.5 Å². The average Bonchev–Trinajstić information content (AvgIpc) is 2.63. The zero-order valence-corrected chi connectivity index (χ0v) is 11.7. The Balaban J connectivity index is 2.07. The molecule has 0 spiro atoms. The Morgan fingerprint density at radius 1 is 1.32 bits per heavy atom. The van der Waals surface area contributed by atoms with E-state index in [-0.39, 0.29) is 5.91 Å². The van der Waals surface area contributed by atoms with E-state index in [2.05, 4.69) is 22.2 Å². The van der Waals surface area contributed by atoms with Gasteiger partial charge in [-0.25, -0.2) is 4.98 Å². The first-order chi connectivity index (χ1) is 9.20. The summed E-state index contributed by atoms with van der Waals surface area (Å²) >= 11 is 0. The second-order valence-corrected chi connectivity index (χ2v) is 4.89. The number of hydrogen-bond acceptors (Lipinski definition) is 4. The molecule has 19 heavy (non-hydrogen) atoms. The summed E-state index contributed by atoms with van der Waals surface area (Å²) in [5, 5.41) is 3.14. The number of carbonyl (C=O) groups excluding carboxylic acids is 1. The van der Waals surface area contributed by atoms with Crippen LogP contribution in [0.1, 0.15) is 23.8 Å². The molecule has 2 rings (SSSR count). The quantitative estimate of drug-likeness (QED) is 0.892. The van der Waals surface area contributed by atoms with Crippen molar-refractivity contribution < 1.29 is 4.79 Å². The van der Waals surface area contributed by atoms with Gasteiger partial charge in [0, 0.05) is 26.2 Å². The molecule has 0 aliphatic carbocycles. The minimum Gasteiger partial charge on any atom is -0.370 e. The summed E-state index contributed by atoms with van der Waals surface area (Å²) in [5.74, 6) is 0.801. The second-order valence-electron chi connectivity index (χ2n) is 4.89. The summed E-state index contributed by atoms with van der Waals surface area (Å²) in [5.41, 5.74) is 0.531. The monoisotopic (exact) mass is 262 g/mol. The molecule has 0 unspecified atom stereocenters. The molecule has 2 heterocycles. The van der Waals surface area contributed by atoms with Gasteiger partial charge in [-0.2, -0.15) is 0 Å². The van der Waals surface area contributed by atoms with Crippen LogP contribution in [0.15, 0.2) is 18.2 Å². The fourth-order valence-electron chi connectivity index (χ4n) is 2.24. The van der Waals surface area contributed by atoms with Crippen LogP contribution in [-0.2, 0) is 0 Å². The summed E-state index contributed by atoms with van der Waals surface area (Å²) in [6.07, 6.45) is 1.02. The van der Waals surface area contributed by atoms with Crippen LogP contribution in [0.3, 0.4) is 0 Å². The molecule has 1 aliphatic heterocycles. The summed E-state index contributed by atoms with van der Waals surface area (Å²) < 4.78 is 0. The van der Waals surface area contributed by atoms with E-state index in [1.807, 2.05) is 24.0 Å². The molecule has 0 bridgehead atoms. The van der Waals surface area contributed by atoms with Crippen LogP contribution < -0.4 is 5.32 Å². The van der Waals surface area contributed by atoms with Crippen molar-refractivity contribution in [2.75, 3.05) is 45.1 Å². The SMILES string of the molecule is CCNc1cccc(C(=O)N2CCCN(C)CC2)n1. The van der Waals surface area contributed by atoms with Crippen molar-refractivity contribution >= 4 is 11.7 Å². The van der Waals surface area contributed by atoms with Gasteiger partial charge in [0.1, 0.15) is 11.5 Å². The van der Waals surface area contributed by atoms with Gasteiger partial charge in [0.05, 0.1) is 0 Å². The van der Waals surface area contributed by atoms with Crippen LogP contribution in [0.4, 0.5) is 5.82 Å². The zero-order chi connectivity index (χ0) is 13.7. The van der Waals surface area contributed by atoms with Crippen LogP contribution >= 0.6 is 0 Å². The van der Waals surface area contributed by atoms with E-state index in [1.165, 1.54) is 0 Å². The molecule has 1 saturated heterocycles. The number of hydrogen-bond donors (Lipinski definition) is 1. The van der Waals surface area contributed by atoms with E-state index in [1.54, 1.807) is 6.07 Å². The molecule has 0 aromatic carbocycles. The van der Waals surface area contributed by atoms with Gasteiger partial charge < -0.3 is 15.1 Å². The van der Waals surface area contributed by atoms with Gasteiger partial charge in [-0.05, 0) is 39.1 Å². The first kappa shape index (κ1) is 13.8. The van der Waals surface area contributed by atoms with Crippen LogP contribution in [0.2, 0.25) is 0 Å². The molecule has 0 saturated carbocycles. The third-order valence-corrected chi connectivity index (χ3v) is 3.33. The van der Waals surface area contributed by atoms with Gasteiger partial charge in [-0.3, -0.25) is 4.79 Å². The first-order valence-electron chi connectivity index (χ1n) is 6.89. The lowest BCUT2D eigenvalue weighted by atomic mass is 10.3. The lowest BCUT2D eigenvalue weighted by Crippen LogP contribution is -2.35. The Morgan fingerprint density at radius 3 is 2.95 bits per heavy atom. The van der Waals surface area contributed by atoms with Crippen molar-refractivity contribution in [2.45, 2.75) is 13.3 Å². The number of nitrogens with one attached hydrogen (secondary N) is 1. The number of anilines is 1. The summed E-state index contributed by atoms with van der Waals surface area (Å²) in [6.45, 7) is 6.39. The van der Waals surface area contributed by atoms with Crippen molar-refractivity contribution in [3.63, 3.8) is 0 Å². The highest BCUT2D eigenvalue weighted by molar-refractivity contribution is 5.92. The molecular weight excluding hydrogens is 240 g/mol. The van der Waals surface area contributed by atoms with Gasteiger partial charge >= 0.3 is 0 Å². The standard InChI is InChI=1S/C14H22N4O/c1-3-15-13-7-4-6-12(16-13)14(19)18-9-5-8-17(2)10-11-18/h4,6-7H,3,5,8-11H2,1-2H3,(H,15,16). The molecule has 1 fully saturated rings. The maximum absolute atomic E-state index is 12.4. The van der Waals surface area contributed by atoms with E-state index >= 15 is 0 Å². The van der Waals surface area contributed by atoms with Crippen molar-refractivity contribution in [1.82, 2.24) is 14.8 Å². The van der Waals surface area contributed by atoms with Crippen molar-refractivity contribution in [1.29, 1.82) is 0 Å². The Labute approximate surface area is 114 Å². The molecule has 1 amide bonds. The number of nitrogens with zero attached hydrogens (tertiary/aromatic N) is 3. The highest BCUT2D eigenvalue weighted by atomic mass is 16.2. The lowest BCUT2D eigenvalue weighted by Gasteiger charge is -2.20. The average molecular weight is 262 g/mol. The van der Waals surface area contributed by atoms with E-state index < -0.39 is 0 Å². The van der Waals surface area contributed by atoms with Crippen LogP contribution in [0, 0.1) is 0 Å². The number of amides is 1. The summed E-state index contributed by atoms with van der Waals surface area (Å²) in [4.78, 5) is 21.0. The highest BCUT2D eigenvalue weighted by Gasteiger charge is 2.19. The van der Waals surface area contributed by atoms with E-state index in [0.29, 0.717) is 5.69 Å². The molecule has 0 atom stereocenters. The fraction of sp³-hybridized carbons (Fsp3) is 0.571. The number of rotatable bonds is 3. The predicted molar refractivity (Wildman–Crippen MR) is 76.4 cm³/mol. The number of pyridine rings is 1. The Kier molecular flexibility index (Phi) is 4.74. The summed E-state index contributed by atoms with van der Waals surface area (Å²) in [7, 11) is 2.10. The van der Waals surface area contributed by atoms with E-state index in [4.69, 9.17) is 0 Å². The molecule has 0 radical (unpaired) electrons. The highest BCUT2D eigenvalue weighted by Crippen LogP contribution is 2.10. The minimum atomic E-state index is 0.0371. The van der Waals surface area contributed by atoms with Gasteiger partial charge in [0.25, 0.3) is 5.91 Å². The zero-order valence-electron chi connectivity index (χ0n) is 11.7. The van der Waals surface area contributed by atoms with Crippen LogP contribution in [-0.4, -0.2) is 60.5 Å². The van der Waals surface area contributed by atoms with E-state index in [9.17, 15) is 4.79 Å². The number of likely N-dealkylation sites (N-methyl/N-ethyl adjacent to an activating group) is 1. The third kappa shape index (κ3) is 3.67. The summed E-state index contributed by atoms with van der Waals surface area (Å²) in [6, 6.07) is 5.55. The second kappa shape index (κ2) is 6.52. The van der Waals surface area contributed by atoms with Crippen molar-refractivity contribution in [3.8, 4) is 0 Å². The molecule has 104 valence electrons. The van der Waals surface area contributed by atoms with Crippen LogP contribution in [0.5, 0.6) is 0 Å². The normalized spacial score (nSPS) is 17.1. The van der Waals surface area contributed by atoms with Gasteiger partial charge in [-0.1, -0.05) is 6.07 Å². The third-order valence-electron chi connectivity index (χ3n) is 3.33. The molecule has 1 N–H and O–H groups in total. The van der Waals surface area contributed by atoms with Gasteiger partial charge in [0.2, 0.25) is 0 Å². The molecular formula is C14H22N4O. The first-order valence-corrected chi connectivity index (χ1v) is 6.89. The maximum atomic E-state index is 12.4. The predicted octanol–water partition coefficient (Wildman–Crippen LogP) is 1.29. The molecule has 5 heteroatoms. The van der Waals surface area contributed by atoms with Crippen LogP contribution in [0.25, 0.3) is 0 Å². The number of aromatic nitrogens is 1. The Hall–Kier alpha value is -1.62. The largest absolute Gasteiger partial charge is 0.370 e. The Bertz CT molecular complexity index is 435. The van der Waals surface area contributed by atoms with Gasteiger partial charge in [-0.15, -0.1) is 0 Å². The van der Waals surface area contributed by atoms with Crippen molar-refractivity contribution in [2.24, 2.45) is 0 Å². The fourth-order valence-corrected chi connectivity index (χ4v) is 2.24. The Morgan fingerprint density at radius 2 is 2.16 bits per heavy atom. The molecule has 5 nitrogen and oxygen atoms in total. The maximum Gasteiger partial charge on any atom is 0.272 e.